The average Bonchev–Trinajstić information content (AvgIpc) is 1.57. The summed E-state index contributed by atoms with van der Waals surface area (Å²) in [4.78, 5) is 10.3. The number of primary amides is 1. The highest BCUT2D eigenvalue weighted by molar-refractivity contribution is 6.14. The van der Waals surface area contributed by atoms with Gasteiger partial charge in [-0.3, -0.25) is 4.46 Å². The van der Waals surface area contributed by atoms with Gasteiger partial charge in [0.2, 0.25) is 0 Å². The lowest BCUT2D eigenvalue weighted by Crippen LogP contribution is -2.23. The molecule has 0 radical (unpaired) electrons. The third-order valence-electron chi connectivity index (χ3n) is 0.495. The second-order valence-corrected chi connectivity index (χ2v) is 1.89. The van der Waals surface area contributed by atoms with Gasteiger partial charge in [0, 0.05) is 4.91 Å². The van der Waals surface area contributed by atoms with Crippen molar-refractivity contribution in [3.05, 3.63) is 0 Å². The van der Waals surface area contributed by atoms with E-state index in [2.05, 4.69) is 14.1 Å². The Labute approximate surface area is 44.2 Å². The van der Waals surface area contributed by atoms with Crippen molar-refractivity contribution in [2.75, 3.05) is 0 Å². The molecule has 0 saturated carbocycles. The summed E-state index contributed by atoms with van der Waals surface area (Å²) < 4.78 is 18.1. The molecule has 0 aromatic carbocycles. The Morgan fingerprint density at radius 2 is 2.12 bits per heavy atom. The molecule has 6 nitrogen and oxygen atoms in total. The highest BCUT2D eigenvalue weighted by Gasteiger charge is 2.09. The van der Waals surface area contributed by atoms with Crippen LogP contribution in [-0.2, 0) is 4.46 Å². The Hall–Kier alpha value is -1.11. The summed E-state index contributed by atoms with van der Waals surface area (Å²) in [6.45, 7) is 0. The van der Waals surface area contributed by atoms with Gasteiger partial charge < -0.3 is 14.1 Å². The summed E-state index contributed by atoms with van der Waals surface area (Å²) >= 11 is 0. The van der Waals surface area contributed by atoms with E-state index in [0.29, 0.717) is 4.91 Å². The molecular weight excluding hydrogens is 132 g/mol. The maximum absolute atomic E-state index is 9.91. The summed E-state index contributed by atoms with van der Waals surface area (Å²) in [5, 5.41) is 0. The lowest BCUT2D eigenvalue weighted by atomic mass is 11.2. The zero-order valence-corrected chi connectivity index (χ0v) is 4.66. The summed E-state index contributed by atoms with van der Waals surface area (Å²) in [5.41, 5.74) is 4.57. The maximum atomic E-state index is 9.91. The monoisotopic (exact) mass is 134 g/mol. The van der Waals surface area contributed by atoms with Crippen LogP contribution in [0.15, 0.2) is 8.41 Å². The maximum Gasteiger partial charge on any atom is 0.825 e. The molecule has 44 valence electrons. The third kappa shape index (κ3) is 0.623. The second kappa shape index (κ2) is 1.44. The van der Waals surface area contributed by atoms with Crippen LogP contribution < -0.4 is 5.73 Å². The van der Waals surface area contributed by atoms with Crippen molar-refractivity contribution in [1.29, 1.82) is 0 Å². The average molecular weight is 134 g/mol. The number of rotatable bonds is 0. The lowest BCUT2D eigenvalue weighted by Gasteiger charge is -1.94. The summed E-state index contributed by atoms with van der Waals surface area (Å²) in [6, 6.07) is -0.908. The van der Waals surface area contributed by atoms with Crippen LogP contribution in [0.3, 0.4) is 0 Å². The van der Waals surface area contributed by atoms with Crippen molar-refractivity contribution in [2.45, 2.75) is 0 Å². The topological polar surface area (TPSA) is 91.4 Å². The van der Waals surface area contributed by atoms with E-state index in [1.54, 1.807) is 0 Å². The molecule has 0 spiro atoms. The number of hydrogen-bond acceptors (Lipinski definition) is 4. The van der Waals surface area contributed by atoms with Crippen LogP contribution in [-0.4, -0.2) is 19.7 Å². The molecule has 0 aliphatic rings. The molecule has 1 aromatic heterocycles. The minimum absolute atomic E-state index is 0.362. The summed E-state index contributed by atoms with van der Waals surface area (Å²) in [5.74, 6) is 0. The number of hydrogen-bond donors (Lipinski definition) is 1. The van der Waals surface area contributed by atoms with Crippen LogP contribution in [0.25, 0.3) is 0 Å². The fourth-order valence-corrected chi connectivity index (χ4v) is 0.697. The number of amides is 1. The smallest absolute Gasteiger partial charge is 0.346 e. The third-order valence-corrected chi connectivity index (χ3v) is 1.12. The number of nitrogens with two attached hydrogens (primary N) is 1. The van der Waals surface area contributed by atoms with Gasteiger partial charge in [-0.1, -0.05) is 0 Å². The van der Waals surface area contributed by atoms with Crippen LogP contribution in [0.4, 0.5) is 4.79 Å². The largest absolute Gasteiger partial charge is 0.825 e. The standard InChI is InChI=1S/CH2N2O4Si/c2-1(4)3-6-8(5)7-3/h(H2,2,4). The molecule has 0 atom stereocenters. The van der Waals surface area contributed by atoms with Gasteiger partial charge in [0.05, 0.1) is 0 Å². The van der Waals surface area contributed by atoms with Crippen molar-refractivity contribution in [1.82, 2.24) is 4.91 Å². The lowest BCUT2D eigenvalue weighted by molar-refractivity contribution is 0.0659. The molecule has 1 amide bonds. The highest BCUT2D eigenvalue weighted by Crippen LogP contribution is 1.81. The van der Waals surface area contributed by atoms with Gasteiger partial charge in [0.25, 0.3) is 0 Å². The quantitative estimate of drug-likeness (QED) is 0.465. The molecule has 0 saturated heterocycles. The van der Waals surface area contributed by atoms with Gasteiger partial charge in [-0.25, -0.2) is 4.79 Å². The van der Waals surface area contributed by atoms with Crippen molar-refractivity contribution >= 4 is 14.8 Å². The van der Waals surface area contributed by atoms with Gasteiger partial charge in [0.15, 0.2) is 0 Å². The number of carbonyl (C=O) groups excluding carboxylic acids is 1. The van der Waals surface area contributed by atoms with Crippen molar-refractivity contribution < 1.29 is 17.7 Å². The first kappa shape index (κ1) is 5.03. The van der Waals surface area contributed by atoms with E-state index < -0.39 is 14.8 Å². The number of carbonyl (C=O) groups is 1. The van der Waals surface area contributed by atoms with Gasteiger partial charge in [-0.05, 0) is 0 Å². The molecule has 2 N–H and O–H groups in total. The van der Waals surface area contributed by atoms with Crippen molar-refractivity contribution in [3.63, 3.8) is 0 Å². The van der Waals surface area contributed by atoms with Crippen LogP contribution in [0.1, 0.15) is 0 Å². The Balaban J connectivity index is 2.88. The first-order valence-corrected chi connectivity index (χ1v) is 2.92. The van der Waals surface area contributed by atoms with E-state index in [9.17, 15) is 9.26 Å². The van der Waals surface area contributed by atoms with Crippen molar-refractivity contribution in [3.8, 4) is 0 Å². The SMILES string of the molecule is NC(=O)n1o[si](=O)o1. The number of aromatic nitrogens is 1. The van der Waals surface area contributed by atoms with Gasteiger partial charge >= 0.3 is 14.8 Å². The summed E-state index contributed by atoms with van der Waals surface area (Å²) in [7, 11) is -2.41. The fraction of sp³-hybridized carbons (Fsp3) is 0. The predicted octanol–water partition coefficient (Wildman–Crippen LogP) is -0.899. The van der Waals surface area contributed by atoms with Crippen molar-refractivity contribution in [2.24, 2.45) is 5.73 Å². The van der Waals surface area contributed by atoms with E-state index in [-0.39, 0.29) is 0 Å². The van der Waals surface area contributed by atoms with Gasteiger partial charge in [-0.15, -0.1) is 0 Å². The predicted molar refractivity (Wildman–Crippen MR) is 20.4 cm³/mol. The van der Waals surface area contributed by atoms with E-state index in [1.807, 2.05) is 0 Å². The Bertz CT molecular complexity index is 226. The zero-order valence-electron chi connectivity index (χ0n) is 3.66. The molecule has 0 bridgehead atoms. The minimum atomic E-state index is -2.41. The zero-order chi connectivity index (χ0) is 6.15. The molecule has 1 rings (SSSR count). The van der Waals surface area contributed by atoms with Crippen LogP contribution in [0, 0.1) is 0 Å². The van der Waals surface area contributed by atoms with E-state index >= 15 is 0 Å². The fourth-order valence-electron chi connectivity index (χ4n) is 0.232. The van der Waals surface area contributed by atoms with E-state index in [1.165, 1.54) is 0 Å². The molecule has 8 heavy (non-hydrogen) atoms. The van der Waals surface area contributed by atoms with E-state index in [0.717, 1.165) is 0 Å². The highest BCUT2D eigenvalue weighted by atomic mass is 28.2. The Morgan fingerprint density at radius 1 is 1.62 bits per heavy atom. The van der Waals surface area contributed by atoms with Gasteiger partial charge in [-0.2, -0.15) is 0 Å². The molecule has 1 heterocycles. The van der Waals surface area contributed by atoms with Crippen LogP contribution in [0.5, 0.6) is 0 Å². The van der Waals surface area contributed by atoms with Crippen LogP contribution in [0.2, 0.25) is 0 Å². The molecule has 1 aromatic rings. The minimum Gasteiger partial charge on any atom is -0.346 e. The van der Waals surface area contributed by atoms with E-state index in [4.69, 9.17) is 0 Å². The molecule has 0 aliphatic carbocycles. The number of nitrogens with zero attached hydrogens (tertiary/aromatic N) is 1. The first-order chi connectivity index (χ1) is 3.70. The molecule has 0 aliphatic heterocycles. The normalized spacial score (nSPS) is 9.50. The first-order valence-electron chi connectivity index (χ1n) is 1.69. The Morgan fingerprint density at radius 3 is 2.25 bits per heavy atom. The van der Waals surface area contributed by atoms with Crippen LogP contribution >= 0.6 is 0 Å². The molecule has 0 unspecified atom stereocenters. The van der Waals surface area contributed by atoms with Gasteiger partial charge in [0.1, 0.15) is 0 Å². The molecule has 0 fully saturated rings. The molecular formula is CH2N2O4Si. The Kier molecular flexibility index (Phi) is 0.905. The summed E-state index contributed by atoms with van der Waals surface area (Å²) in [6.07, 6.45) is 0. The molecule has 7 heteroatoms. The second-order valence-electron chi connectivity index (χ2n) is 1.03.